The minimum atomic E-state index is 0.513. The van der Waals surface area contributed by atoms with Gasteiger partial charge in [0.2, 0.25) is 0 Å². The van der Waals surface area contributed by atoms with Crippen molar-refractivity contribution in [3.05, 3.63) is 30.6 Å². The van der Waals surface area contributed by atoms with Gasteiger partial charge in [-0.2, -0.15) is 0 Å². The van der Waals surface area contributed by atoms with E-state index in [1.54, 1.807) is 12.3 Å². The fraction of sp³-hybridized carbons (Fsp3) is 0.143. The number of allylic oxidation sites excluding steroid dienone is 1. The maximum atomic E-state index is 4.04. The molecule has 1 aromatic rings. The molecule has 0 spiro atoms. The molecule has 3 heteroatoms. The molecular formula is C7H8N2S. The van der Waals surface area contributed by atoms with Gasteiger partial charge in [-0.25, -0.2) is 9.97 Å². The van der Waals surface area contributed by atoms with Gasteiger partial charge < -0.3 is 0 Å². The van der Waals surface area contributed by atoms with Crippen molar-refractivity contribution in [2.75, 3.05) is 0 Å². The SMILES string of the molecule is C=CCc1ccnc(S)n1. The Balaban J connectivity index is 2.84. The number of aromatic nitrogens is 2. The molecule has 10 heavy (non-hydrogen) atoms. The lowest BCUT2D eigenvalue weighted by Gasteiger charge is -1.93. The van der Waals surface area contributed by atoms with Gasteiger partial charge in [0.05, 0.1) is 0 Å². The normalized spacial score (nSPS) is 9.30. The minimum Gasteiger partial charge on any atom is -0.231 e. The van der Waals surface area contributed by atoms with Crippen molar-refractivity contribution < 1.29 is 0 Å². The van der Waals surface area contributed by atoms with Crippen LogP contribution in [0.1, 0.15) is 5.69 Å². The van der Waals surface area contributed by atoms with Crippen molar-refractivity contribution in [2.24, 2.45) is 0 Å². The molecule has 0 aromatic carbocycles. The topological polar surface area (TPSA) is 25.8 Å². The highest BCUT2D eigenvalue weighted by molar-refractivity contribution is 7.80. The van der Waals surface area contributed by atoms with Crippen LogP contribution in [-0.4, -0.2) is 9.97 Å². The summed E-state index contributed by atoms with van der Waals surface area (Å²) in [6.07, 6.45) is 4.26. The Hall–Kier alpha value is -0.830. The second-order valence-electron chi connectivity index (χ2n) is 1.84. The molecule has 2 nitrogen and oxygen atoms in total. The first-order valence-corrected chi connectivity index (χ1v) is 3.39. The second-order valence-corrected chi connectivity index (χ2v) is 2.24. The average Bonchev–Trinajstić information content (AvgIpc) is 1.88. The number of hydrogen-bond acceptors (Lipinski definition) is 3. The fourth-order valence-corrected chi connectivity index (χ4v) is 0.841. The molecule has 52 valence electrons. The van der Waals surface area contributed by atoms with Gasteiger partial charge >= 0.3 is 0 Å². The Kier molecular flexibility index (Phi) is 2.45. The lowest BCUT2D eigenvalue weighted by atomic mass is 10.3. The number of rotatable bonds is 2. The van der Waals surface area contributed by atoms with Crippen molar-refractivity contribution in [1.82, 2.24) is 9.97 Å². The molecule has 0 saturated heterocycles. The van der Waals surface area contributed by atoms with E-state index in [4.69, 9.17) is 0 Å². The molecule has 0 amide bonds. The predicted octanol–water partition coefficient (Wildman–Crippen LogP) is 1.49. The van der Waals surface area contributed by atoms with E-state index in [2.05, 4.69) is 29.2 Å². The fourth-order valence-electron chi connectivity index (χ4n) is 0.646. The van der Waals surface area contributed by atoms with E-state index >= 15 is 0 Å². The standard InChI is InChI=1S/C7H8N2S/c1-2-3-6-4-5-8-7(10)9-6/h2,4-5H,1,3H2,(H,8,9,10). The Morgan fingerprint density at radius 2 is 2.50 bits per heavy atom. The van der Waals surface area contributed by atoms with Gasteiger partial charge in [-0.15, -0.1) is 19.2 Å². The van der Waals surface area contributed by atoms with Crippen LogP contribution < -0.4 is 0 Å². The number of thiol groups is 1. The summed E-state index contributed by atoms with van der Waals surface area (Å²) in [7, 11) is 0. The molecule has 0 aliphatic carbocycles. The third-order valence-corrected chi connectivity index (χ3v) is 1.27. The van der Waals surface area contributed by atoms with E-state index in [0.717, 1.165) is 12.1 Å². The highest BCUT2D eigenvalue weighted by Crippen LogP contribution is 1.99. The molecule has 0 aliphatic rings. The summed E-state index contributed by atoms with van der Waals surface area (Å²) in [6, 6.07) is 1.85. The zero-order valence-electron chi connectivity index (χ0n) is 5.49. The predicted molar refractivity (Wildman–Crippen MR) is 43.2 cm³/mol. The van der Waals surface area contributed by atoms with Gasteiger partial charge in [-0.3, -0.25) is 0 Å². The zero-order valence-corrected chi connectivity index (χ0v) is 6.38. The molecule has 1 heterocycles. The second kappa shape index (κ2) is 3.37. The molecule has 0 unspecified atom stereocenters. The Labute approximate surface area is 65.4 Å². The highest BCUT2D eigenvalue weighted by Gasteiger charge is 1.90. The summed E-state index contributed by atoms with van der Waals surface area (Å²) in [5.74, 6) is 0. The largest absolute Gasteiger partial charge is 0.231 e. The lowest BCUT2D eigenvalue weighted by Crippen LogP contribution is -1.89. The summed E-state index contributed by atoms with van der Waals surface area (Å²) < 4.78 is 0. The first-order valence-electron chi connectivity index (χ1n) is 2.94. The van der Waals surface area contributed by atoms with E-state index in [9.17, 15) is 0 Å². The molecule has 1 aromatic heterocycles. The van der Waals surface area contributed by atoms with Crippen LogP contribution in [0.5, 0.6) is 0 Å². The Morgan fingerprint density at radius 3 is 3.10 bits per heavy atom. The minimum absolute atomic E-state index is 0.513. The Morgan fingerprint density at radius 1 is 1.70 bits per heavy atom. The Bertz CT molecular complexity index is 235. The van der Waals surface area contributed by atoms with Crippen molar-refractivity contribution in [3.8, 4) is 0 Å². The van der Waals surface area contributed by atoms with Crippen molar-refractivity contribution in [1.29, 1.82) is 0 Å². The first-order chi connectivity index (χ1) is 4.83. The summed E-state index contributed by atoms with van der Waals surface area (Å²) in [5.41, 5.74) is 0.954. The van der Waals surface area contributed by atoms with Crippen LogP contribution >= 0.6 is 12.6 Å². The van der Waals surface area contributed by atoms with Crippen molar-refractivity contribution in [3.63, 3.8) is 0 Å². The smallest absolute Gasteiger partial charge is 0.184 e. The van der Waals surface area contributed by atoms with E-state index in [1.165, 1.54) is 0 Å². The van der Waals surface area contributed by atoms with E-state index in [-0.39, 0.29) is 0 Å². The maximum absolute atomic E-state index is 4.04. The average molecular weight is 152 g/mol. The van der Waals surface area contributed by atoms with Crippen LogP contribution in [0, 0.1) is 0 Å². The number of nitrogens with zero attached hydrogens (tertiary/aromatic N) is 2. The molecule has 0 aliphatic heterocycles. The number of hydrogen-bond donors (Lipinski definition) is 1. The lowest BCUT2D eigenvalue weighted by molar-refractivity contribution is 0.916. The van der Waals surface area contributed by atoms with Gasteiger partial charge in [-0.1, -0.05) is 6.08 Å². The van der Waals surface area contributed by atoms with E-state index < -0.39 is 0 Å². The monoisotopic (exact) mass is 152 g/mol. The van der Waals surface area contributed by atoms with Gasteiger partial charge in [0.25, 0.3) is 0 Å². The zero-order chi connectivity index (χ0) is 7.40. The molecular weight excluding hydrogens is 144 g/mol. The first kappa shape index (κ1) is 7.28. The van der Waals surface area contributed by atoms with Crippen LogP contribution in [0.2, 0.25) is 0 Å². The van der Waals surface area contributed by atoms with E-state index in [0.29, 0.717) is 5.16 Å². The van der Waals surface area contributed by atoms with Crippen LogP contribution in [0.4, 0.5) is 0 Å². The maximum Gasteiger partial charge on any atom is 0.184 e. The molecule has 0 saturated carbocycles. The van der Waals surface area contributed by atoms with Crippen LogP contribution in [0.25, 0.3) is 0 Å². The van der Waals surface area contributed by atoms with Crippen LogP contribution in [0.3, 0.4) is 0 Å². The van der Waals surface area contributed by atoms with Crippen LogP contribution in [-0.2, 0) is 6.42 Å². The van der Waals surface area contributed by atoms with Crippen LogP contribution in [0.15, 0.2) is 30.1 Å². The van der Waals surface area contributed by atoms with E-state index in [1.807, 2.05) is 6.07 Å². The van der Waals surface area contributed by atoms with Crippen molar-refractivity contribution >= 4 is 12.6 Å². The summed E-state index contributed by atoms with van der Waals surface area (Å²) in [6.45, 7) is 3.60. The van der Waals surface area contributed by atoms with Crippen molar-refractivity contribution in [2.45, 2.75) is 11.6 Å². The molecule has 0 N–H and O–H groups in total. The summed E-state index contributed by atoms with van der Waals surface area (Å²) >= 11 is 3.99. The molecule has 0 radical (unpaired) electrons. The quantitative estimate of drug-likeness (QED) is 0.395. The molecule has 0 fully saturated rings. The summed E-state index contributed by atoms with van der Waals surface area (Å²) in [5, 5.41) is 0.513. The highest BCUT2D eigenvalue weighted by atomic mass is 32.1. The molecule has 0 bridgehead atoms. The molecule has 1 rings (SSSR count). The third-order valence-electron chi connectivity index (χ3n) is 1.05. The van der Waals surface area contributed by atoms with Gasteiger partial charge in [0.15, 0.2) is 5.16 Å². The van der Waals surface area contributed by atoms with Gasteiger partial charge in [-0.05, 0) is 6.07 Å². The third kappa shape index (κ3) is 1.84. The summed E-state index contributed by atoms with van der Waals surface area (Å²) in [4.78, 5) is 7.89. The molecule has 0 atom stereocenters. The van der Waals surface area contributed by atoms with Gasteiger partial charge in [0.1, 0.15) is 0 Å². The van der Waals surface area contributed by atoms with Gasteiger partial charge in [0, 0.05) is 18.3 Å².